The normalized spacial score (nSPS) is 10.8. The van der Waals surface area contributed by atoms with Gasteiger partial charge in [-0.15, -0.1) is 11.8 Å². The second-order valence-corrected chi connectivity index (χ2v) is 6.05. The van der Waals surface area contributed by atoms with Gasteiger partial charge in [0, 0.05) is 27.7 Å². The van der Waals surface area contributed by atoms with Crippen LogP contribution in [0.15, 0.2) is 33.8 Å². The Bertz CT molecular complexity index is 508. The number of aryl methyl sites for hydroxylation is 2. The van der Waals surface area contributed by atoms with E-state index < -0.39 is 0 Å². The van der Waals surface area contributed by atoms with Gasteiger partial charge in [0.2, 0.25) is 0 Å². The van der Waals surface area contributed by atoms with E-state index in [1.54, 1.807) is 11.8 Å². The summed E-state index contributed by atoms with van der Waals surface area (Å²) in [6, 6.07) is 6.59. The molecule has 0 aliphatic carbocycles. The molecule has 90 valence electrons. The highest BCUT2D eigenvalue weighted by molar-refractivity contribution is 9.10. The summed E-state index contributed by atoms with van der Waals surface area (Å²) in [7, 11) is 0. The Balaban J connectivity index is 2.29. The summed E-state index contributed by atoms with van der Waals surface area (Å²) in [5, 5.41) is 0. The predicted molar refractivity (Wildman–Crippen MR) is 79.0 cm³/mol. The molecule has 1 aromatic heterocycles. The summed E-state index contributed by atoms with van der Waals surface area (Å²) in [5.41, 5.74) is 5.39. The zero-order chi connectivity index (χ0) is 12.4. The quantitative estimate of drug-likeness (QED) is 0.812. The first-order chi connectivity index (χ1) is 8.10. The Kier molecular flexibility index (Phi) is 4.00. The molecule has 0 radical (unpaired) electrons. The molecule has 0 aliphatic heterocycles. The molecule has 0 atom stereocenters. The van der Waals surface area contributed by atoms with Gasteiger partial charge >= 0.3 is 0 Å². The third kappa shape index (κ3) is 2.96. The van der Waals surface area contributed by atoms with E-state index in [4.69, 9.17) is 0 Å². The van der Waals surface area contributed by atoms with Crippen LogP contribution < -0.4 is 0 Å². The van der Waals surface area contributed by atoms with Crippen LogP contribution in [-0.4, -0.2) is 11.2 Å². The fourth-order valence-electron chi connectivity index (χ4n) is 2.05. The molecule has 0 spiro atoms. The molecule has 0 aliphatic rings. The summed E-state index contributed by atoms with van der Waals surface area (Å²) < 4.78 is 1.16. The van der Waals surface area contributed by atoms with Crippen molar-refractivity contribution in [1.82, 2.24) is 4.98 Å². The lowest BCUT2D eigenvalue weighted by atomic mass is 9.99. The van der Waals surface area contributed by atoms with Crippen molar-refractivity contribution in [1.29, 1.82) is 0 Å². The molecule has 0 saturated heterocycles. The molecule has 0 fully saturated rings. The van der Waals surface area contributed by atoms with Crippen LogP contribution in [0.25, 0.3) is 0 Å². The van der Waals surface area contributed by atoms with Gasteiger partial charge in [-0.1, -0.05) is 15.9 Å². The summed E-state index contributed by atoms with van der Waals surface area (Å²) in [6.07, 6.45) is 5.15. The third-order valence-corrected chi connectivity index (χ3v) is 4.14. The van der Waals surface area contributed by atoms with Crippen molar-refractivity contribution >= 4 is 27.7 Å². The van der Waals surface area contributed by atoms with E-state index >= 15 is 0 Å². The number of aromatic nitrogens is 1. The Labute approximate surface area is 115 Å². The van der Waals surface area contributed by atoms with E-state index in [-0.39, 0.29) is 0 Å². The van der Waals surface area contributed by atoms with Crippen molar-refractivity contribution in [3.63, 3.8) is 0 Å². The monoisotopic (exact) mass is 309 g/mol. The van der Waals surface area contributed by atoms with Crippen LogP contribution in [0.4, 0.5) is 0 Å². The summed E-state index contributed by atoms with van der Waals surface area (Å²) >= 11 is 5.31. The van der Waals surface area contributed by atoms with Crippen LogP contribution in [-0.2, 0) is 6.42 Å². The van der Waals surface area contributed by atoms with E-state index in [1.807, 2.05) is 0 Å². The lowest BCUT2D eigenvalue weighted by Crippen LogP contribution is -1.96. The maximum Gasteiger partial charge on any atom is 0.0247 e. The molecule has 17 heavy (non-hydrogen) atoms. The molecule has 2 aromatic rings. The highest BCUT2D eigenvalue weighted by atomic mass is 79.9. The molecular weight excluding hydrogens is 294 g/mol. The highest BCUT2D eigenvalue weighted by Crippen LogP contribution is 2.24. The fourth-order valence-corrected chi connectivity index (χ4v) is 3.17. The van der Waals surface area contributed by atoms with E-state index in [1.165, 1.54) is 27.3 Å². The smallest absolute Gasteiger partial charge is 0.0247 e. The van der Waals surface area contributed by atoms with Crippen molar-refractivity contribution in [3.05, 3.63) is 51.3 Å². The van der Waals surface area contributed by atoms with E-state index in [9.17, 15) is 0 Å². The number of benzene rings is 1. The van der Waals surface area contributed by atoms with E-state index in [2.05, 4.69) is 65.4 Å². The molecule has 1 N–H and O–H groups in total. The van der Waals surface area contributed by atoms with Crippen LogP contribution in [0.1, 0.15) is 22.4 Å². The molecule has 2 rings (SSSR count). The van der Waals surface area contributed by atoms with E-state index in [0.29, 0.717) is 0 Å². The Hall–Kier alpha value is -0.670. The van der Waals surface area contributed by atoms with E-state index in [0.717, 1.165) is 10.9 Å². The Morgan fingerprint density at radius 3 is 2.35 bits per heavy atom. The van der Waals surface area contributed by atoms with Gasteiger partial charge in [0.15, 0.2) is 0 Å². The predicted octanol–water partition coefficient (Wildman–Crippen LogP) is 4.71. The average molecular weight is 310 g/mol. The van der Waals surface area contributed by atoms with Crippen LogP contribution in [0.2, 0.25) is 0 Å². The highest BCUT2D eigenvalue weighted by Gasteiger charge is 2.07. The number of rotatable bonds is 3. The molecule has 1 heterocycles. The number of aromatic amines is 1. The van der Waals surface area contributed by atoms with Crippen molar-refractivity contribution in [2.45, 2.75) is 25.2 Å². The Morgan fingerprint density at radius 1 is 1.18 bits per heavy atom. The van der Waals surface area contributed by atoms with Crippen LogP contribution >= 0.6 is 27.7 Å². The number of H-pyrrole nitrogens is 1. The first kappa shape index (κ1) is 12.8. The second-order valence-electron chi connectivity index (χ2n) is 4.26. The zero-order valence-electron chi connectivity index (χ0n) is 10.3. The number of halogens is 1. The standard InChI is InChI=1S/C14H16BrNS/c1-9-4-11(15)5-10(2)14(9)7-12-6-13(17-3)8-16-12/h4-6,8,16H,7H2,1-3H3. The maximum absolute atomic E-state index is 3.54. The van der Waals surface area contributed by atoms with Gasteiger partial charge in [0.1, 0.15) is 0 Å². The molecule has 3 heteroatoms. The molecule has 0 bridgehead atoms. The van der Waals surface area contributed by atoms with Crippen molar-refractivity contribution < 1.29 is 0 Å². The second kappa shape index (κ2) is 5.32. The van der Waals surface area contributed by atoms with Crippen molar-refractivity contribution in [3.8, 4) is 0 Å². The van der Waals surface area contributed by atoms with Crippen LogP contribution in [0, 0.1) is 13.8 Å². The van der Waals surface area contributed by atoms with Crippen LogP contribution in [0.5, 0.6) is 0 Å². The summed E-state index contributed by atoms with van der Waals surface area (Å²) in [6.45, 7) is 4.34. The summed E-state index contributed by atoms with van der Waals surface area (Å²) in [5.74, 6) is 0. The topological polar surface area (TPSA) is 15.8 Å². The SMILES string of the molecule is CSc1c[nH]c(Cc2c(C)cc(Br)cc2C)c1. The maximum atomic E-state index is 3.54. The minimum Gasteiger partial charge on any atom is -0.364 e. The number of hydrogen-bond acceptors (Lipinski definition) is 1. The number of thioether (sulfide) groups is 1. The molecule has 0 amide bonds. The van der Waals surface area contributed by atoms with Gasteiger partial charge in [-0.3, -0.25) is 0 Å². The van der Waals surface area contributed by atoms with Gasteiger partial charge in [0.25, 0.3) is 0 Å². The fraction of sp³-hybridized carbons (Fsp3) is 0.286. The van der Waals surface area contributed by atoms with Crippen molar-refractivity contribution in [2.75, 3.05) is 6.26 Å². The first-order valence-electron chi connectivity index (χ1n) is 5.57. The molecule has 0 unspecified atom stereocenters. The molecule has 1 aromatic carbocycles. The molecular formula is C14H16BrNS. The van der Waals surface area contributed by atoms with Gasteiger partial charge in [-0.2, -0.15) is 0 Å². The average Bonchev–Trinajstić information content (AvgIpc) is 2.71. The van der Waals surface area contributed by atoms with Crippen LogP contribution in [0.3, 0.4) is 0 Å². The molecule has 0 saturated carbocycles. The first-order valence-corrected chi connectivity index (χ1v) is 7.59. The number of hydrogen-bond donors (Lipinski definition) is 1. The molecule has 1 nitrogen and oxygen atoms in total. The minimum absolute atomic E-state index is 0.978. The summed E-state index contributed by atoms with van der Waals surface area (Å²) in [4.78, 5) is 4.64. The van der Waals surface area contributed by atoms with Gasteiger partial charge < -0.3 is 4.98 Å². The lowest BCUT2D eigenvalue weighted by molar-refractivity contribution is 1.06. The minimum atomic E-state index is 0.978. The lowest BCUT2D eigenvalue weighted by Gasteiger charge is -2.09. The Morgan fingerprint density at radius 2 is 1.82 bits per heavy atom. The van der Waals surface area contributed by atoms with Crippen molar-refractivity contribution in [2.24, 2.45) is 0 Å². The van der Waals surface area contributed by atoms with Gasteiger partial charge in [0.05, 0.1) is 0 Å². The number of nitrogens with one attached hydrogen (secondary N) is 1. The van der Waals surface area contributed by atoms with Gasteiger partial charge in [-0.05, 0) is 55.0 Å². The van der Waals surface area contributed by atoms with Gasteiger partial charge in [-0.25, -0.2) is 0 Å². The third-order valence-electron chi connectivity index (χ3n) is 2.98. The largest absolute Gasteiger partial charge is 0.364 e. The zero-order valence-corrected chi connectivity index (χ0v) is 12.7.